The average Bonchev–Trinajstić information content (AvgIpc) is 3.27. The quantitative estimate of drug-likeness (QED) is 0.784. The number of furan rings is 1. The summed E-state index contributed by atoms with van der Waals surface area (Å²) in [5.41, 5.74) is 1.92. The lowest BCUT2D eigenvalue weighted by Gasteiger charge is -2.35. The molecular weight excluding hydrogens is 328 g/mol. The standard InChI is InChI=1S/C17H17ClN4O2/c18-14-4-2-1-3-13(14)15-9-19-6-7-22(15)10-16-20-17(21-24-16)12-5-8-23-11-12/h1-5,8,11,15,19H,6-7,9-10H2. The molecule has 0 radical (unpaired) electrons. The molecule has 0 aliphatic carbocycles. The van der Waals surface area contributed by atoms with E-state index in [1.165, 1.54) is 0 Å². The third-order valence-corrected chi connectivity index (χ3v) is 4.55. The summed E-state index contributed by atoms with van der Waals surface area (Å²) in [6.45, 7) is 3.23. The van der Waals surface area contributed by atoms with Gasteiger partial charge in [0.05, 0.1) is 18.4 Å². The van der Waals surface area contributed by atoms with Gasteiger partial charge in [0.25, 0.3) is 0 Å². The molecule has 0 bridgehead atoms. The maximum Gasteiger partial charge on any atom is 0.241 e. The minimum atomic E-state index is 0.178. The van der Waals surface area contributed by atoms with Crippen molar-refractivity contribution in [3.63, 3.8) is 0 Å². The van der Waals surface area contributed by atoms with Gasteiger partial charge in [0.15, 0.2) is 0 Å². The van der Waals surface area contributed by atoms with Gasteiger partial charge in [-0.1, -0.05) is 35.0 Å². The molecule has 3 aromatic rings. The van der Waals surface area contributed by atoms with Crippen LogP contribution in [0.25, 0.3) is 11.4 Å². The molecule has 1 aromatic carbocycles. The molecule has 24 heavy (non-hydrogen) atoms. The van der Waals surface area contributed by atoms with Crippen molar-refractivity contribution in [2.24, 2.45) is 0 Å². The number of halogens is 1. The largest absolute Gasteiger partial charge is 0.472 e. The maximum absolute atomic E-state index is 6.38. The average molecular weight is 345 g/mol. The molecule has 3 heterocycles. The Morgan fingerprint density at radius 2 is 2.21 bits per heavy atom. The number of hydrogen-bond acceptors (Lipinski definition) is 6. The SMILES string of the molecule is Clc1ccccc1C1CNCCN1Cc1nc(-c2ccoc2)no1. The van der Waals surface area contributed by atoms with E-state index in [1.807, 2.05) is 24.3 Å². The van der Waals surface area contributed by atoms with Crippen molar-refractivity contribution < 1.29 is 8.94 Å². The fourth-order valence-corrected chi connectivity index (χ4v) is 3.25. The number of rotatable bonds is 4. The molecule has 6 nitrogen and oxygen atoms in total. The molecule has 1 N–H and O–H groups in total. The van der Waals surface area contributed by atoms with Crippen LogP contribution < -0.4 is 5.32 Å². The number of hydrogen-bond donors (Lipinski definition) is 1. The first-order chi connectivity index (χ1) is 11.8. The summed E-state index contributed by atoms with van der Waals surface area (Å²) in [7, 11) is 0. The van der Waals surface area contributed by atoms with E-state index < -0.39 is 0 Å². The minimum absolute atomic E-state index is 0.178. The van der Waals surface area contributed by atoms with Gasteiger partial charge in [0.2, 0.25) is 11.7 Å². The molecule has 1 fully saturated rings. The second kappa shape index (κ2) is 6.76. The van der Waals surface area contributed by atoms with E-state index in [-0.39, 0.29) is 6.04 Å². The number of piperazine rings is 1. The molecule has 124 valence electrons. The monoisotopic (exact) mass is 344 g/mol. The summed E-state index contributed by atoms with van der Waals surface area (Å²) < 4.78 is 10.5. The molecule has 0 saturated carbocycles. The number of benzene rings is 1. The van der Waals surface area contributed by atoms with Crippen LogP contribution in [-0.2, 0) is 6.54 Å². The lowest BCUT2D eigenvalue weighted by Crippen LogP contribution is -2.45. The zero-order valence-electron chi connectivity index (χ0n) is 13.0. The highest BCUT2D eigenvalue weighted by Crippen LogP contribution is 2.29. The van der Waals surface area contributed by atoms with Crippen LogP contribution in [0.15, 0.2) is 51.8 Å². The highest BCUT2D eigenvalue weighted by atomic mass is 35.5. The molecular formula is C17H17ClN4O2. The fraction of sp³-hybridized carbons (Fsp3) is 0.294. The van der Waals surface area contributed by atoms with Gasteiger partial charge >= 0.3 is 0 Å². The molecule has 7 heteroatoms. The molecule has 1 unspecified atom stereocenters. The summed E-state index contributed by atoms with van der Waals surface area (Å²) in [5.74, 6) is 1.13. The van der Waals surface area contributed by atoms with Crippen molar-refractivity contribution in [2.45, 2.75) is 12.6 Å². The van der Waals surface area contributed by atoms with Gasteiger partial charge < -0.3 is 14.3 Å². The van der Waals surface area contributed by atoms with Crippen LogP contribution in [0.2, 0.25) is 5.02 Å². The van der Waals surface area contributed by atoms with Gasteiger partial charge in [0.1, 0.15) is 6.26 Å². The first-order valence-electron chi connectivity index (χ1n) is 7.85. The Balaban J connectivity index is 1.55. The molecule has 1 saturated heterocycles. The molecule has 1 atom stereocenters. The third-order valence-electron chi connectivity index (χ3n) is 4.20. The van der Waals surface area contributed by atoms with Crippen molar-refractivity contribution in [1.29, 1.82) is 0 Å². The molecule has 2 aromatic heterocycles. The molecule has 4 rings (SSSR count). The zero-order valence-corrected chi connectivity index (χ0v) is 13.7. The smallest absolute Gasteiger partial charge is 0.241 e. The Kier molecular flexibility index (Phi) is 4.34. The van der Waals surface area contributed by atoms with Crippen LogP contribution in [0.1, 0.15) is 17.5 Å². The topological polar surface area (TPSA) is 67.3 Å². The van der Waals surface area contributed by atoms with E-state index in [0.717, 1.165) is 35.8 Å². The van der Waals surface area contributed by atoms with Gasteiger partial charge in [-0.15, -0.1) is 0 Å². The van der Waals surface area contributed by atoms with E-state index in [4.69, 9.17) is 20.5 Å². The van der Waals surface area contributed by atoms with Crippen LogP contribution in [0, 0.1) is 0 Å². The van der Waals surface area contributed by atoms with Crippen LogP contribution in [0.4, 0.5) is 0 Å². The number of nitrogens with one attached hydrogen (secondary N) is 1. The van der Waals surface area contributed by atoms with Crippen molar-refractivity contribution in [2.75, 3.05) is 19.6 Å². The Morgan fingerprint density at radius 1 is 1.29 bits per heavy atom. The lowest BCUT2D eigenvalue weighted by molar-refractivity contribution is 0.136. The highest BCUT2D eigenvalue weighted by molar-refractivity contribution is 6.31. The summed E-state index contributed by atoms with van der Waals surface area (Å²) in [6.07, 6.45) is 3.20. The highest BCUT2D eigenvalue weighted by Gasteiger charge is 2.27. The van der Waals surface area contributed by atoms with Crippen LogP contribution in [-0.4, -0.2) is 34.7 Å². The molecule has 0 amide bonds. The van der Waals surface area contributed by atoms with Gasteiger partial charge in [-0.25, -0.2) is 0 Å². The minimum Gasteiger partial charge on any atom is -0.472 e. The predicted octanol–water partition coefficient (Wildman–Crippen LogP) is 3.13. The maximum atomic E-state index is 6.38. The summed E-state index contributed by atoms with van der Waals surface area (Å²) in [5, 5.41) is 8.23. The molecule has 1 aliphatic heterocycles. The van der Waals surface area contributed by atoms with Gasteiger partial charge in [-0.3, -0.25) is 4.90 Å². The zero-order chi connectivity index (χ0) is 16.4. The number of nitrogens with zero attached hydrogens (tertiary/aromatic N) is 3. The Labute approximate surface area is 144 Å². The second-order valence-corrected chi connectivity index (χ2v) is 6.14. The predicted molar refractivity (Wildman–Crippen MR) is 89.5 cm³/mol. The van der Waals surface area contributed by atoms with Crippen molar-refractivity contribution in [1.82, 2.24) is 20.4 Å². The van der Waals surface area contributed by atoms with Gasteiger partial charge in [0, 0.05) is 30.7 Å². The normalized spacial score (nSPS) is 18.8. The Bertz CT molecular complexity index is 803. The first kappa shape index (κ1) is 15.4. The van der Waals surface area contributed by atoms with Crippen molar-refractivity contribution >= 4 is 11.6 Å². The van der Waals surface area contributed by atoms with Crippen molar-refractivity contribution in [3.8, 4) is 11.4 Å². The number of aromatic nitrogens is 2. The Hall–Kier alpha value is -2.15. The van der Waals surface area contributed by atoms with E-state index in [2.05, 4.69) is 26.4 Å². The summed E-state index contributed by atoms with van der Waals surface area (Å²) >= 11 is 6.38. The summed E-state index contributed by atoms with van der Waals surface area (Å²) in [6, 6.07) is 9.94. The van der Waals surface area contributed by atoms with Crippen molar-refractivity contribution in [3.05, 3.63) is 59.3 Å². The van der Waals surface area contributed by atoms with E-state index >= 15 is 0 Å². The van der Waals surface area contributed by atoms with Gasteiger partial charge in [-0.05, 0) is 17.7 Å². The van der Waals surface area contributed by atoms with E-state index in [1.54, 1.807) is 12.5 Å². The van der Waals surface area contributed by atoms with Crippen LogP contribution >= 0.6 is 11.6 Å². The second-order valence-electron chi connectivity index (χ2n) is 5.74. The fourth-order valence-electron chi connectivity index (χ4n) is 2.99. The van der Waals surface area contributed by atoms with Crippen LogP contribution in [0.3, 0.4) is 0 Å². The Morgan fingerprint density at radius 3 is 3.04 bits per heavy atom. The van der Waals surface area contributed by atoms with Gasteiger partial charge in [-0.2, -0.15) is 4.98 Å². The third kappa shape index (κ3) is 3.08. The first-order valence-corrected chi connectivity index (χ1v) is 8.23. The van der Waals surface area contributed by atoms with E-state index in [0.29, 0.717) is 18.3 Å². The van der Waals surface area contributed by atoms with E-state index in [9.17, 15) is 0 Å². The summed E-state index contributed by atoms with van der Waals surface area (Å²) in [4.78, 5) is 6.77. The molecule has 0 spiro atoms. The van der Waals surface area contributed by atoms with Crippen LogP contribution in [0.5, 0.6) is 0 Å². The lowest BCUT2D eigenvalue weighted by atomic mass is 10.0. The molecule has 1 aliphatic rings.